The summed E-state index contributed by atoms with van der Waals surface area (Å²) in [6.07, 6.45) is 1.88. The van der Waals surface area contributed by atoms with Crippen LogP contribution in [0.5, 0.6) is 0 Å². The highest BCUT2D eigenvalue weighted by atomic mass is 16.5. The number of imidazole rings is 1. The summed E-state index contributed by atoms with van der Waals surface area (Å²) in [6, 6.07) is 7.92. The quantitative estimate of drug-likeness (QED) is 0.652. The van der Waals surface area contributed by atoms with Crippen LogP contribution in [0.3, 0.4) is 0 Å². The molecule has 1 fully saturated rings. The molecule has 1 N–H and O–H groups in total. The molecule has 0 unspecified atom stereocenters. The Morgan fingerprint density at radius 3 is 2.85 bits per heavy atom. The Labute approximate surface area is 151 Å². The first kappa shape index (κ1) is 17.1. The third-order valence-electron chi connectivity index (χ3n) is 4.52. The van der Waals surface area contributed by atoms with Crippen molar-refractivity contribution in [3.05, 3.63) is 35.9 Å². The van der Waals surface area contributed by atoms with Crippen LogP contribution in [0.2, 0.25) is 0 Å². The fourth-order valence-electron chi connectivity index (χ4n) is 3.10. The number of hydrogen-bond acceptors (Lipinski definition) is 6. The number of nitrogens with zero attached hydrogens (tertiary/aromatic N) is 4. The SMILES string of the molecule is COCCOCc1nc(C2CCOCC2)nn1-c1nc2ccccc2[nH]1. The van der Waals surface area contributed by atoms with Crippen molar-refractivity contribution in [2.75, 3.05) is 33.5 Å². The largest absolute Gasteiger partial charge is 0.382 e. The monoisotopic (exact) mass is 357 g/mol. The number of H-pyrrole nitrogens is 1. The molecule has 1 saturated heterocycles. The molecule has 1 aliphatic heterocycles. The minimum atomic E-state index is 0.312. The predicted octanol–water partition coefficient (Wildman–Crippen LogP) is 2.20. The van der Waals surface area contributed by atoms with Gasteiger partial charge in [0.1, 0.15) is 6.61 Å². The van der Waals surface area contributed by atoms with E-state index in [1.807, 2.05) is 24.3 Å². The Balaban J connectivity index is 1.64. The Morgan fingerprint density at radius 1 is 1.19 bits per heavy atom. The van der Waals surface area contributed by atoms with Gasteiger partial charge in [-0.3, -0.25) is 0 Å². The molecule has 1 aliphatic rings. The van der Waals surface area contributed by atoms with Crippen molar-refractivity contribution in [1.29, 1.82) is 0 Å². The average molecular weight is 357 g/mol. The normalized spacial score (nSPS) is 15.7. The number of ether oxygens (including phenoxy) is 3. The zero-order chi connectivity index (χ0) is 17.8. The van der Waals surface area contributed by atoms with Crippen LogP contribution in [0.4, 0.5) is 0 Å². The van der Waals surface area contributed by atoms with Gasteiger partial charge in [-0.1, -0.05) is 12.1 Å². The maximum Gasteiger partial charge on any atom is 0.230 e. The van der Waals surface area contributed by atoms with Crippen LogP contribution in [0.25, 0.3) is 17.0 Å². The molecule has 8 heteroatoms. The second kappa shape index (κ2) is 7.94. The minimum Gasteiger partial charge on any atom is -0.382 e. The van der Waals surface area contributed by atoms with E-state index in [1.54, 1.807) is 11.8 Å². The lowest BCUT2D eigenvalue weighted by Gasteiger charge is -2.18. The average Bonchev–Trinajstić information content (AvgIpc) is 3.30. The van der Waals surface area contributed by atoms with Gasteiger partial charge in [0.15, 0.2) is 11.6 Å². The predicted molar refractivity (Wildman–Crippen MR) is 95.3 cm³/mol. The third kappa shape index (κ3) is 3.62. The van der Waals surface area contributed by atoms with Gasteiger partial charge in [-0.2, -0.15) is 4.68 Å². The van der Waals surface area contributed by atoms with Gasteiger partial charge in [-0.15, -0.1) is 5.10 Å². The minimum absolute atomic E-state index is 0.312. The molecular formula is C18H23N5O3. The van der Waals surface area contributed by atoms with E-state index in [9.17, 15) is 0 Å². The number of para-hydroxylation sites is 2. The number of benzene rings is 1. The molecule has 0 bridgehead atoms. The van der Waals surface area contributed by atoms with Gasteiger partial charge in [0, 0.05) is 26.2 Å². The molecule has 3 aromatic rings. The molecule has 2 aromatic heterocycles. The van der Waals surface area contributed by atoms with Crippen molar-refractivity contribution in [1.82, 2.24) is 24.7 Å². The van der Waals surface area contributed by atoms with Crippen LogP contribution in [-0.2, 0) is 20.8 Å². The molecule has 1 aromatic carbocycles. The highest BCUT2D eigenvalue weighted by Crippen LogP contribution is 2.25. The molecule has 0 spiro atoms. The lowest BCUT2D eigenvalue weighted by atomic mass is 10.00. The van der Waals surface area contributed by atoms with Crippen molar-refractivity contribution in [2.24, 2.45) is 0 Å². The van der Waals surface area contributed by atoms with Crippen molar-refractivity contribution in [2.45, 2.75) is 25.4 Å². The third-order valence-corrected chi connectivity index (χ3v) is 4.52. The number of aromatic nitrogens is 5. The second-order valence-electron chi connectivity index (χ2n) is 6.31. The van der Waals surface area contributed by atoms with Gasteiger partial charge in [-0.05, 0) is 25.0 Å². The Morgan fingerprint density at radius 2 is 2.04 bits per heavy atom. The van der Waals surface area contributed by atoms with Gasteiger partial charge >= 0.3 is 0 Å². The Hall–Kier alpha value is -2.29. The van der Waals surface area contributed by atoms with E-state index in [0.717, 1.165) is 48.7 Å². The van der Waals surface area contributed by atoms with E-state index >= 15 is 0 Å². The molecule has 0 radical (unpaired) electrons. The molecule has 138 valence electrons. The molecule has 4 rings (SSSR count). The standard InChI is InChI=1S/C18H23N5O3/c1-24-10-11-26-12-16-21-17(13-6-8-25-9-7-13)22-23(16)18-19-14-4-2-3-5-15(14)20-18/h2-5,13H,6-12H2,1H3,(H,19,20). The number of methoxy groups -OCH3 is 1. The van der Waals surface area contributed by atoms with Crippen LogP contribution >= 0.6 is 0 Å². The van der Waals surface area contributed by atoms with Crippen molar-refractivity contribution in [3.8, 4) is 5.95 Å². The molecule has 26 heavy (non-hydrogen) atoms. The maximum atomic E-state index is 5.68. The van der Waals surface area contributed by atoms with Crippen molar-refractivity contribution in [3.63, 3.8) is 0 Å². The van der Waals surface area contributed by atoms with Crippen molar-refractivity contribution < 1.29 is 14.2 Å². The molecule has 3 heterocycles. The van der Waals surface area contributed by atoms with Gasteiger partial charge < -0.3 is 19.2 Å². The summed E-state index contributed by atoms with van der Waals surface area (Å²) in [5.74, 6) is 2.54. The first-order chi connectivity index (χ1) is 12.8. The number of aromatic amines is 1. The lowest BCUT2D eigenvalue weighted by Crippen LogP contribution is -2.15. The smallest absolute Gasteiger partial charge is 0.230 e. The molecule has 8 nitrogen and oxygen atoms in total. The summed E-state index contributed by atoms with van der Waals surface area (Å²) in [6.45, 7) is 2.92. The van der Waals surface area contributed by atoms with Crippen LogP contribution < -0.4 is 0 Å². The lowest BCUT2D eigenvalue weighted by molar-refractivity contribution is 0.0577. The number of hydrogen-bond donors (Lipinski definition) is 1. The van der Waals surface area contributed by atoms with E-state index in [1.165, 1.54) is 0 Å². The van der Waals surface area contributed by atoms with E-state index in [2.05, 4.69) is 9.97 Å². The molecule has 0 saturated carbocycles. The number of nitrogens with one attached hydrogen (secondary N) is 1. The molecular weight excluding hydrogens is 334 g/mol. The molecule has 0 amide bonds. The summed E-state index contributed by atoms with van der Waals surface area (Å²) in [5.41, 5.74) is 1.87. The van der Waals surface area contributed by atoms with E-state index in [-0.39, 0.29) is 0 Å². The zero-order valence-electron chi connectivity index (χ0n) is 14.9. The van der Waals surface area contributed by atoms with Crippen LogP contribution in [0.15, 0.2) is 24.3 Å². The van der Waals surface area contributed by atoms with Crippen LogP contribution in [0.1, 0.15) is 30.4 Å². The molecule has 0 atom stereocenters. The fourth-order valence-corrected chi connectivity index (χ4v) is 3.10. The van der Waals surface area contributed by atoms with Crippen LogP contribution in [-0.4, -0.2) is 58.3 Å². The van der Waals surface area contributed by atoms with Gasteiger partial charge in [-0.25, -0.2) is 9.97 Å². The highest BCUT2D eigenvalue weighted by molar-refractivity contribution is 5.75. The van der Waals surface area contributed by atoms with Gasteiger partial charge in [0.2, 0.25) is 5.95 Å². The van der Waals surface area contributed by atoms with Gasteiger partial charge in [0.05, 0.1) is 24.2 Å². The van der Waals surface area contributed by atoms with Crippen molar-refractivity contribution >= 4 is 11.0 Å². The number of fused-ring (bicyclic) bond motifs is 1. The summed E-state index contributed by atoms with van der Waals surface area (Å²) in [5, 5.41) is 4.74. The van der Waals surface area contributed by atoms with Crippen LogP contribution in [0, 0.1) is 0 Å². The first-order valence-corrected chi connectivity index (χ1v) is 8.90. The topological polar surface area (TPSA) is 87.1 Å². The van der Waals surface area contributed by atoms with Gasteiger partial charge in [0.25, 0.3) is 0 Å². The van der Waals surface area contributed by atoms with E-state index < -0.39 is 0 Å². The number of rotatable bonds is 7. The second-order valence-corrected chi connectivity index (χ2v) is 6.31. The summed E-state index contributed by atoms with van der Waals surface area (Å²) >= 11 is 0. The Bertz CT molecular complexity index is 821. The maximum absolute atomic E-state index is 5.68. The highest BCUT2D eigenvalue weighted by Gasteiger charge is 2.23. The summed E-state index contributed by atoms with van der Waals surface area (Å²) < 4.78 is 17.9. The summed E-state index contributed by atoms with van der Waals surface area (Å²) in [4.78, 5) is 12.7. The van der Waals surface area contributed by atoms with E-state index in [4.69, 9.17) is 24.3 Å². The van der Waals surface area contributed by atoms with E-state index in [0.29, 0.717) is 31.7 Å². The summed E-state index contributed by atoms with van der Waals surface area (Å²) in [7, 11) is 1.66. The fraction of sp³-hybridized carbons (Fsp3) is 0.500. The Kier molecular flexibility index (Phi) is 5.24. The molecule has 0 aliphatic carbocycles. The zero-order valence-corrected chi connectivity index (χ0v) is 14.9. The first-order valence-electron chi connectivity index (χ1n) is 8.90.